The van der Waals surface area contributed by atoms with Crippen molar-refractivity contribution in [2.45, 2.75) is 30.9 Å². The molecular weight excluding hydrogens is 200 g/mol. The minimum Gasteiger partial charge on any atom is -0.391 e. The van der Waals surface area contributed by atoms with Crippen LogP contribution >= 0.6 is 25.3 Å². The van der Waals surface area contributed by atoms with Crippen LogP contribution in [0.5, 0.6) is 0 Å². The maximum absolute atomic E-state index is 9.07. The summed E-state index contributed by atoms with van der Waals surface area (Å²) in [6, 6.07) is 0. The van der Waals surface area contributed by atoms with Crippen molar-refractivity contribution in [1.82, 2.24) is 0 Å². The summed E-state index contributed by atoms with van der Waals surface area (Å²) in [5, 5.41) is 26.3. The van der Waals surface area contributed by atoms with Crippen molar-refractivity contribution in [2.75, 3.05) is 5.75 Å². The van der Waals surface area contributed by atoms with Gasteiger partial charge in [-0.2, -0.15) is 12.6 Å². The number of hydrogen-bond acceptors (Lipinski definition) is 6. The molecule has 6 heteroatoms. The molecule has 0 aromatic rings. The van der Waals surface area contributed by atoms with Crippen molar-refractivity contribution in [1.29, 1.82) is 0 Å². The van der Waals surface area contributed by atoms with Gasteiger partial charge in [0.2, 0.25) is 0 Å². The van der Waals surface area contributed by atoms with E-state index in [1.54, 1.807) is 0 Å². The summed E-state index contributed by atoms with van der Waals surface area (Å²) in [5.74, 6) is 0.293. The minimum absolute atomic E-state index is 0.293. The highest BCUT2D eigenvalue weighted by molar-refractivity contribution is 7.80. The molecule has 0 saturated carbocycles. The maximum atomic E-state index is 9.07. The molecule has 0 saturated heterocycles. The SMILES string of the molecule is CC(O)C(CS)OC(S)C(O)O. The summed E-state index contributed by atoms with van der Waals surface area (Å²) in [7, 11) is 0. The van der Waals surface area contributed by atoms with E-state index in [0.717, 1.165) is 0 Å². The molecule has 3 N–H and O–H groups in total. The van der Waals surface area contributed by atoms with Crippen LogP contribution in [0, 0.1) is 0 Å². The topological polar surface area (TPSA) is 69.9 Å². The van der Waals surface area contributed by atoms with Crippen LogP contribution in [0.25, 0.3) is 0 Å². The molecule has 12 heavy (non-hydrogen) atoms. The Bertz CT molecular complexity index is 120. The van der Waals surface area contributed by atoms with Gasteiger partial charge >= 0.3 is 0 Å². The van der Waals surface area contributed by atoms with Crippen molar-refractivity contribution >= 4 is 25.3 Å². The second-order valence-corrected chi connectivity index (χ2v) is 3.28. The second kappa shape index (κ2) is 6.06. The number of aliphatic hydroxyl groups excluding tert-OH is 2. The molecule has 0 aliphatic rings. The zero-order valence-electron chi connectivity index (χ0n) is 6.66. The van der Waals surface area contributed by atoms with E-state index in [4.69, 9.17) is 20.1 Å². The average Bonchev–Trinajstić information content (AvgIpc) is 1.98. The van der Waals surface area contributed by atoms with Crippen LogP contribution in [0.4, 0.5) is 0 Å². The Morgan fingerprint density at radius 1 is 1.33 bits per heavy atom. The van der Waals surface area contributed by atoms with Gasteiger partial charge < -0.3 is 20.1 Å². The van der Waals surface area contributed by atoms with Crippen LogP contribution in [-0.2, 0) is 4.74 Å². The smallest absolute Gasteiger partial charge is 0.188 e. The van der Waals surface area contributed by atoms with Crippen molar-refractivity contribution in [3.05, 3.63) is 0 Å². The molecule has 74 valence electrons. The van der Waals surface area contributed by atoms with Crippen LogP contribution in [0.15, 0.2) is 0 Å². The monoisotopic (exact) mass is 214 g/mol. The maximum Gasteiger partial charge on any atom is 0.188 e. The van der Waals surface area contributed by atoms with Gasteiger partial charge in [-0.05, 0) is 6.92 Å². The number of hydrogen-bond donors (Lipinski definition) is 5. The lowest BCUT2D eigenvalue weighted by Crippen LogP contribution is -2.35. The third kappa shape index (κ3) is 4.54. The van der Waals surface area contributed by atoms with Crippen LogP contribution in [-0.4, -0.2) is 45.0 Å². The normalized spacial score (nSPS) is 19.2. The standard InChI is InChI=1S/C6H14O4S2/c1-3(7)4(2-11)10-6(12)5(8)9/h3-9,11-12H,2H2,1H3. The Morgan fingerprint density at radius 2 is 1.83 bits per heavy atom. The van der Waals surface area contributed by atoms with Crippen LogP contribution < -0.4 is 0 Å². The van der Waals surface area contributed by atoms with E-state index in [1.807, 2.05) is 0 Å². The zero-order chi connectivity index (χ0) is 9.72. The molecule has 0 heterocycles. The van der Waals surface area contributed by atoms with Crippen molar-refractivity contribution in [3.63, 3.8) is 0 Å². The highest BCUT2D eigenvalue weighted by Gasteiger charge is 2.21. The molecule has 3 unspecified atom stereocenters. The summed E-state index contributed by atoms with van der Waals surface area (Å²) >= 11 is 7.66. The molecule has 0 spiro atoms. The zero-order valence-corrected chi connectivity index (χ0v) is 8.45. The molecule has 0 aromatic heterocycles. The first-order valence-electron chi connectivity index (χ1n) is 3.47. The first-order valence-corrected chi connectivity index (χ1v) is 4.62. The molecule has 0 aliphatic carbocycles. The molecule has 0 fully saturated rings. The summed E-state index contributed by atoms with van der Waals surface area (Å²) in [6.07, 6.45) is -2.91. The van der Waals surface area contributed by atoms with E-state index >= 15 is 0 Å². The lowest BCUT2D eigenvalue weighted by molar-refractivity contribution is -0.138. The highest BCUT2D eigenvalue weighted by atomic mass is 32.1. The Hall–Kier alpha value is 0.540. The highest BCUT2D eigenvalue weighted by Crippen LogP contribution is 2.10. The quantitative estimate of drug-likeness (QED) is 0.308. The molecule has 4 nitrogen and oxygen atoms in total. The molecule has 0 aliphatic heterocycles. The molecule has 3 atom stereocenters. The summed E-state index contributed by atoms with van der Waals surface area (Å²) in [4.78, 5) is 0. The van der Waals surface area contributed by atoms with E-state index in [2.05, 4.69) is 25.3 Å². The van der Waals surface area contributed by atoms with Crippen molar-refractivity contribution in [3.8, 4) is 0 Å². The fourth-order valence-electron chi connectivity index (χ4n) is 0.559. The van der Waals surface area contributed by atoms with Crippen LogP contribution in [0.2, 0.25) is 0 Å². The van der Waals surface area contributed by atoms with Gasteiger partial charge in [0.15, 0.2) is 11.7 Å². The number of aliphatic hydroxyl groups is 3. The third-order valence-electron chi connectivity index (χ3n) is 1.29. The first kappa shape index (κ1) is 12.5. The van der Waals surface area contributed by atoms with Gasteiger partial charge in [0, 0.05) is 5.75 Å². The fourth-order valence-corrected chi connectivity index (χ4v) is 1.11. The molecular formula is C6H14O4S2. The first-order chi connectivity index (χ1) is 5.49. The van der Waals surface area contributed by atoms with Crippen LogP contribution in [0.3, 0.4) is 0 Å². The Kier molecular flexibility index (Phi) is 6.34. The number of thiol groups is 2. The van der Waals surface area contributed by atoms with Gasteiger partial charge in [0.1, 0.15) is 0 Å². The Morgan fingerprint density at radius 3 is 2.08 bits per heavy atom. The fraction of sp³-hybridized carbons (Fsp3) is 1.00. The predicted octanol–water partition coefficient (Wildman–Crippen LogP) is -0.751. The lowest BCUT2D eigenvalue weighted by Gasteiger charge is -2.23. The summed E-state index contributed by atoms with van der Waals surface area (Å²) < 4.78 is 4.96. The van der Waals surface area contributed by atoms with E-state index < -0.39 is 23.9 Å². The van der Waals surface area contributed by atoms with Crippen molar-refractivity contribution in [2.24, 2.45) is 0 Å². The van der Waals surface area contributed by atoms with E-state index in [0.29, 0.717) is 5.75 Å². The van der Waals surface area contributed by atoms with Gasteiger partial charge in [0.25, 0.3) is 0 Å². The van der Waals surface area contributed by atoms with E-state index in [1.165, 1.54) is 6.92 Å². The minimum atomic E-state index is -1.66. The average molecular weight is 214 g/mol. The molecule has 0 aromatic carbocycles. The summed E-state index contributed by atoms with van der Waals surface area (Å²) in [5.41, 5.74) is -1.02. The van der Waals surface area contributed by atoms with Crippen LogP contribution in [0.1, 0.15) is 6.92 Å². The predicted molar refractivity (Wildman–Crippen MR) is 51.4 cm³/mol. The van der Waals surface area contributed by atoms with E-state index in [9.17, 15) is 0 Å². The Labute approximate surface area is 82.4 Å². The molecule has 0 rings (SSSR count). The van der Waals surface area contributed by atoms with Gasteiger partial charge in [0.05, 0.1) is 12.2 Å². The second-order valence-electron chi connectivity index (χ2n) is 2.40. The van der Waals surface area contributed by atoms with Gasteiger partial charge in [-0.25, -0.2) is 0 Å². The molecule has 0 amide bonds. The van der Waals surface area contributed by atoms with E-state index in [-0.39, 0.29) is 0 Å². The van der Waals surface area contributed by atoms with Crippen molar-refractivity contribution < 1.29 is 20.1 Å². The van der Waals surface area contributed by atoms with Gasteiger partial charge in [-0.15, -0.1) is 12.6 Å². The third-order valence-corrected chi connectivity index (χ3v) is 2.04. The van der Waals surface area contributed by atoms with Gasteiger partial charge in [-0.1, -0.05) is 0 Å². The molecule has 0 bridgehead atoms. The molecule has 0 radical (unpaired) electrons. The largest absolute Gasteiger partial charge is 0.391 e. The number of rotatable bonds is 5. The Balaban J connectivity index is 3.85. The van der Waals surface area contributed by atoms with Gasteiger partial charge in [-0.3, -0.25) is 0 Å². The summed E-state index contributed by atoms with van der Waals surface area (Å²) in [6.45, 7) is 1.53. The lowest BCUT2D eigenvalue weighted by atomic mass is 10.2. The number of ether oxygens (including phenoxy) is 1.